The zero-order valence-corrected chi connectivity index (χ0v) is 13.2. The summed E-state index contributed by atoms with van der Waals surface area (Å²) in [5.41, 5.74) is 0. The highest BCUT2D eigenvalue weighted by molar-refractivity contribution is 7.99. The van der Waals surface area contributed by atoms with Crippen LogP contribution in [0.2, 0.25) is 0 Å². The summed E-state index contributed by atoms with van der Waals surface area (Å²) in [6, 6.07) is 0. The number of aliphatic carboxylic acids is 1. The van der Waals surface area contributed by atoms with E-state index in [0.29, 0.717) is 11.8 Å². The van der Waals surface area contributed by atoms with Gasteiger partial charge in [-0.2, -0.15) is 0 Å². The average Bonchev–Trinajstić information content (AvgIpc) is 2.79. The van der Waals surface area contributed by atoms with Crippen molar-refractivity contribution in [2.24, 2.45) is 0 Å². The van der Waals surface area contributed by atoms with E-state index in [4.69, 9.17) is 9.84 Å². The Morgan fingerprint density at radius 1 is 1.40 bits per heavy atom. The molecule has 0 aliphatic heterocycles. The third kappa shape index (κ3) is 5.50. The molecular formula is C13H23N3O3S. The maximum absolute atomic E-state index is 10.7. The van der Waals surface area contributed by atoms with Crippen LogP contribution in [0.5, 0.6) is 0 Å². The number of hydrogen-bond acceptors (Lipinski definition) is 5. The van der Waals surface area contributed by atoms with E-state index in [0.717, 1.165) is 31.8 Å². The molecular weight excluding hydrogens is 278 g/mol. The van der Waals surface area contributed by atoms with Crippen molar-refractivity contribution in [1.29, 1.82) is 0 Å². The third-order valence-electron chi connectivity index (χ3n) is 2.61. The number of aromatic nitrogens is 3. The molecule has 0 aromatic carbocycles. The summed E-state index contributed by atoms with van der Waals surface area (Å²) in [5.74, 6) is 0.316. The van der Waals surface area contributed by atoms with Gasteiger partial charge in [-0.05, 0) is 12.8 Å². The lowest BCUT2D eigenvalue weighted by molar-refractivity contribution is -0.133. The molecule has 1 aromatic heterocycles. The van der Waals surface area contributed by atoms with E-state index in [1.165, 1.54) is 11.8 Å². The van der Waals surface area contributed by atoms with Crippen LogP contribution in [0.1, 0.15) is 45.4 Å². The van der Waals surface area contributed by atoms with Crippen LogP contribution < -0.4 is 0 Å². The maximum atomic E-state index is 10.7. The molecule has 1 heterocycles. The first kappa shape index (κ1) is 17.0. The van der Waals surface area contributed by atoms with Gasteiger partial charge in [0.15, 0.2) is 5.16 Å². The Bertz CT molecular complexity index is 421. The maximum Gasteiger partial charge on any atom is 0.313 e. The monoisotopic (exact) mass is 301 g/mol. The zero-order chi connectivity index (χ0) is 15.0. The molecule has 1 N–H and O–H groups in total. The van der Waals surface area contributed by atoms with Gasteiger partial charge >= 0.3 is 5.97 Å². The summed E-state index contributed by atoms with van der Waals surface area (Å²) in [7, 11) is 0. The van der Waals surface area contributed by atoms with Crippen molar-refractivity contribution in [3.8, 4) is 0 Å². The largest absolute Gasteiger partial charge is 0.481 e. The standard InChI is InChI=1S/C13H23N3O3S/c1-4-7-19-8-5-6-16-12(10(2)3)14-15-13(16)20-9-11(17)18/h10H,4-9H2,1-3H3,(H,17,18). The van der Waals surface area contributed by atoms with Crippen LogP contribution >= 0.6 is 11.8 Å². The molecule has 0 spiro atoms. The molecule has 20 heavy (non-hydrogen) atoms. The fourth-order valence-corrected chi connectivity index (χ4v) is 2.43. The van der Waals surface area contributed by atoms with Crippen molar-refractivity contribution >= 4 is 17.7 Å². The highest BCUT2D eigenvalue weighted by Crippen LogP contribution is 2.21. The molecule has 0 bridgehead atoms. The van der Waals surface area contributed by atoms with Gasteiger partial charge < -0.3 is 14.4 Å². The molecule has 114 valence electrons. The lowest BCUT2D eigenvalue weighted by Gasteiger charge is -2.11. The summed E-state index contributed by atoms with van der Waals surface area (Å²) in [6.07, 6.45) is 1.89. The first-order chi connectivity index (χ1) is 9.56. The second kappa shape index (κ2) is 8.97. The Balaban J connectivity index is 2.63. The molecule has 0 amide bonds. The van der Waals surface area contributed by atoms with E-state index in [1.807, 2.05) is 4.57 Å². The predicted octanol–water partition coefficient (Wildman–Crippen LogP) is 2.39. The summed E-state index contributed by atoms with van der Waals surface area (Å²) in [4.78, 5) is 10.7. The van der Waals surface area contributed by atoms with Crippen molar-refractivity contribution in [1.82, 2.24) is 14.8 Å². The van der Waals surface area contributed by atoms with Crippen LogP contribution in [0.25, 0.3) is 0 Å². The summed E-state index contributed by atoms with van der Waals surface area (Å²) < 4.78 is 7.47. The number of hydrogen-bond donors (Lipinski definition) is 1. The van der Waals surface area contributed by atoms with Crippen molar-refractivity contribution in [2.75, 3.05) is 19.0 Å². The second-order valence-corrected chi connectivity index (χ2v) is 5.74. The summed E-state index contributed by atoms with van der Waals surface area (Å²) >= 11 is 1.21. The van der Waals surface area contributed by atoms with E-state index < -0.39 is 5.97 Å². The first-order valence-electron chi connectivity index (χ1n) is 6.91. The van der Waals surface area contributed by atoms with Gasteiger partial charge in [-0.25, -0.2) is 0 Å². The van der Waals surface area contributed by atoms with E-state index in [9.17, 15) is 4.79 Å². The highest BCUT2D eigenvalue weighted by atomic mass is 32.2. The van der Waals surface area contributed by atoms with Gasteiger partial charge in [0.1, 0.15) is 5.82 Å². The first-order valence-corrected chi connectivity index (χ1v) is 7.90. The second-order valence-electron chi connectivity index (χ2n) is 4.80. The number of carbonyl (C=O) groups is 1. The average molecular weight is 301 g/mol. The smallest absolute Gasteiger partial charge is 0.313 e. The lowest BCUT2D eigenvalue weighted by Crippen LogP contribution is -2.10. The fraction of sp³-hybridized carbons (Fsp3) is 0.769. The van der Waals surface area contributed by atoms with Gasteiger partial charge in [0, 0.05) is 25.7 Å². The topological polar surface area (TPSA) is 77.2 Å². The molecule has 0 aliphatic rings. The van der Waals surface area contributed by atoms with Crippen molar-refractivity contribution in [3.05, 3.63) is 5.82 Å². The van der Waals surface area contributed by atoms with Crippen LogP contribution in [0.4, 0.5) is 0 Å². The fourth-order valence-electron chi connectivity index (χ4n) is 1.74. The molecule has 0 saturated heterocycles. The Labute approximate surface area is 123 Å². The minimum atomic E-state index is -0.845. The van der Waals surface area contributed by atoms with Crippen LogP contribution in [0.3, 0.4) is 0 Å². The number of ether oxygens (including phenoxy) is 1. The minimum Gasteiger partial charge on any atom is -0.481 e. The van der Waals surface area contributed by atoms with Crippen molar-refractivity contribution in [3.63, 3.8) is 0 Å². The number of nitrogens with zero attached hydrogens (tertiary/aromatic N) is 3. The Kier molecular flexibility index (Phi) is 7.61. The molecule has 6 nitrogen and oxygen atoms in total. The van der Waals surface area contributed by atoms with Gasteiger partial charge in [-0.3, -0.25) is 4.79 Å². The van der Waals surface area contributed by atoms with Crippen molar-refractivity contribution < 1.29 is 14.6 Å². The molecule has 0 fully saturated rings. The summed E-state index contributed by atoms with van der Waals surface area (Å²) in [5, 5.41) is 17.7. The van der Waals surface area contributed by atoms with Crippen LogP contribution in [-0.2, 0) is 16.1 Å². The Morgan fingerprint density at radius 2 is 2.15 bits per heavy atom. The van der Waals surface area contributed by atoms with Gasteiger partial charge in [-0.15, -0.1) is 10.2 Å². The van der Waals surface area contributed by atoms with Gasteiger partial charge in [-0.1, -0.05) is 32.5 Å². The summed E-state index contributed by atoms with van der Waals surface area (Å²) in [6.45, 7) is 8.43. The number of carboxylic acids is 1. The normalized spacial score (nSPS) is 11.2. The lowest BCUT2D eigenvalue weighted by atomic mass is 10.2. The SMILES string of the molecule is CCCOCCCn1c(SCC(=O)O)nnc1C(C)C. The molecule has 1 aromatic rings. The Hall–Kier alpha value is -1.08. The van der Waals surface area contributed by atoms with Crippen LogP contribution in [-0.4, -0.2) is 44.8 Å². The van der Waals surface area contributed by atoms with E-state index in [-0.39, 0.29) is 11.7 Å². The molecule has 0 radical (unpaired) electrons. The number of carboxylic acid groups (broad SMARTS) is 1. The third-order valence-corrected chi connectivity index (χ3v) is 3.56. The van der Waals surface area contributed by atoms with Crippen LogP contribution in [0, 0.1) is 0 Å². The predicted molar refractivity (Wildman–Crippen MR) is 78.2 cm³/mol. The zero-order valence-electron chi connectivity index (χ0n) is 12.3. The quantitative estimate of drug-likeness (QED) is 0.528. The molecule has 0 aliphatic carbocycles. The molecule has 0 atom stereocenters. The van der Waals surface area contributed by atoms with E-state index >= 15 is 0 Å². The molecule has 0 unspecified atom stereocenters. The van der Waals surface area contributed by atoms with E-state index in [2.05, 4.69) is 31.0 Å². The minimum absolute atomic E-state index is 0.00254. The Morgan fingerprint density at radius 3 is 2.75 bits per heavy atom. The highest BCUT2D eigenvalue weighted by Gasteiger charge is 2.15. The molecule has 7 heteroatoms. The van der Waals surface area contributed by atoms with Gasteiger partial charge in [0.25, 0.3) is 0 Å². The van der Waals surface area contributed by atoms with Crippen molar-refractivity contribution in [2.45, 2.75) is 51.2 Å². The van der Waals surface area contributed by atoms with Gasteiger partial charge in [0.05, 0.1) is 5.75 Å². The van der Waals surface area contributed by atoms with Gasteiger partial charge in [0.2, 0.25) is 0 Å². The molecule has 0 saturated carbocycles. The van der Waals surface area contributed by atoms with Crippen LogP contribution in [0.15, 0.2) is 5.16 Å². The number of thioether (sulfide) groups is 1. The number of rotatable bonds is 10. The molecule has 1 rings (SSSR count). The van der Waals surface area contributed by atoms with E-state index in [1.54, 1.807) is 0 Å².